The first kappa shape index (κ1) is 17.2. The summed E-state index contributed by atoms with van der Waals surface area (Å²) >= 11 is 0. The maximum absolute atomic E-state index is 11.3. The third-order valence-electron chi connectivity index (χ3n) is 3.83. The number of hydrogen-bond donors (Lipinski definition) is 0. The highest BCUT2D eigenvalue weighted by Gasteiger charge is 2.32. The SMILES string of the molecule is COC(=O)COc1nc(C(C)C)c2c(c1C#N)CC(C)(C)OC2. The van der Waals surface area contributed by atoms with Crippen LogP contribution in [0.5, 0.6) is 5.88 Å². The molecule has 1 aromatic heterocycles. The van der Waals surface area contributed by atoms with Crippen molar-refractivity contribution in [2.24, 2.45) is 0 Å². The summed E-state index contributed by atoms with van der Waals surface area (Å²) in [7, 11) is 1.29. The molecule has 6 heteroatoms. The number of rotatable bonds is 4. The fourth-order valence-corrected chi connectivity index (χ4v) is 2.65. The van der Waals surface area contributed by atoms with Gasteiger partial charge in [0, 0.05) is 12.0 Å². The highest BCUT2D eigenvalue weighted by Crippen LogP contribution is 2.37. The number of esters is 1. The van der Waals surface area contributed by atoms with Crippen molar-refractivity contribution in [3.05, 3.63) is 22.4 Å². The first-order chi connectivity index (χ1) is 10.8. The molecule has 0 aliphatic carbocycles. The summed E-state index contributed by atoms with van der Waals surface area (Å²) in [5, 5.41) is 9.57. The zero-order valence-electron chi connectivity index (χ0n) is 14.2. The molecule has 0 saturated heterocycles. The predicted molar refractivity (Wildman–Crippen MR) is 83.1 cm³/mol. The number of ether oxygens (including phenoxy) is 3. The molecule has 0 radical (unpaired) electrons. The molecule has 0 spiro atoms. The molecular formula is C17H22N2O4. The number of fused-ring (bicyclic) bond motifs is 1. The normalized spacial score (nSPS) is 15.7. The lowest BCUT2D eigenvalue weighted by Gasteiger charge is -2.34. The van der Waals surface area contributed by atoms with Crippen molar-refractivity contribution in [1.82, 2.24) is 4.98 Å². The van der Waals surface area contributed by atoms with Crippen LogP contribution in [0, 0.1) is 11.3 Å². The number of carbonyl (C=O) groups excluding carboxylic acids is 1. The van der Waals surface area contributed by atoms with E-state index in [0.29, 0.717) is 18.6 Å². The average molecular weight is 318 g/mol. The summed E-state index contributed by atoms with van der Waals surface area (Å²) in [4.78, 5) is 15.8. The van der Waals surface area contributed by atoms with E-state index in [1.54, 1.807) is 0 Å². The second kappa shape index (κ2) is 6.55. The fourth-order valence-electron chi connectivity index (χ4n) is 2.65. The van der Waals surface area contributed by atoms with Gasteiger partial charge in [0.25, 0.3) is 0 Å². The Morgan fingerprint density at radius 2 is 2.13 bits per heavy atom. The molecule has 0 atom stereocenters. The topological polar surface area (TPSA) is 81.4 Å². The zero-order chi connectivity index (χ0) is 17.2. The average Bonchev–Trinajstić information content (AvgIpc) is 2.50. The van der Waals surface area contributed by atoms with Crippen LogP contribution in [0.25, 0.3) is 0 Å². The van der Waals surface area contributed by atoms with Crippen molar-refractivity contribution < 1.29 is 19.0 Å². The maximum Gasteiger partial charge on any atom is 0.343 e. The van der Waals surface area contributed by atoms with E-state index in [-0.39, 0.29) is 24.0 Å². The quantitative estimate of drug-likeness (QED) is 0.793. The largest absolute Gasteiger partial charge is 0.466 e. The number of aromatic nitrogens is 1. The van der Waals surface area contributed by atoms with Gasteiger partial charge in [-0.1, -0.05) is 13.8 Å². The Balaban J connectivity index is 2.53. The van der Waals surface area contributed by atoms with E-state index in [0.717, 1.165) is 16.8 Å². The van der Waals surface area contributed by atoms with E-state index in [1.165, 1.54) is 7.11 Å². The molecule has 0 bridgehead atoms. The molecule has 23 heavy (non-hydrogen) atoms. The molecule has 1 aliphatic rings. The third-order valence-corrected chi connectivity index (χ3v) is 3.83. The molecule has 0 amide bonds. The second-order valence-electron chi connectivity index (χ2n) is 6.49. The second-order valence-corrected chi connectivity index (χ2v) is 6.49. The monoisotopic (exact) mass is 318 g/mol. The Kier molecular flexibility index (Phi) is 4.90. The summed E-state index contributed by atoms with van der Waals surface area (Å²) in [6.07, 6.45) is 0.599. The Morgan fingerprint density at radius 3 is 2.70 bits per heavy atom. The van der Waals surface area contributed by atoms with Crippen LogP contribution in [0.4, 0.5) is 0 Å². The summed E-state index contributed by atoms with van der Waals surface area (Å²) < 4.78 is 15.9. The standard InChI is InChI=1S/C17H22N2O4/c1-10(2)15-13-8-23-17(3,4)6-11(13)12(7-18)16(19-15)22-9-14(20)21-5/h10H,6,8-9H2,1-5H3. The van der Waals surface area contributed by atoms with Gasteiger partial charge in [-0.05, 0) is 25.3 Å². The fraction of sp³-hybridized carbons (Fsp3) is 0.588. The van der Waals surface area contributed by atoms with Crippen molar-refractivity contribution in [3.8, 4) is 11.9 Å². The molecule has 6 nitrogen and oxygen atoms in total. The van der Waals surface area contributed by atoms with Gasteiger partial charge in [0.2, 0.25) is 5.88 Å². The molecule has 1 aromatic rings. The number of hydrogen-bond acceptors (Lipinski definition) is 6. The minimum Gasteiger partial charge on any atom is -0.466 e. The molecule has 1 aliphatic heterocycles. The van der Waals surface area contributed by atoms with Gasteiger partial charge in [0.05, 0.1) is 25.0 Å². The van der Waals surface area contributed by atoms with Crippen molar-refractivity contribution >= 4 is 5.97 Å². The van der Waals surface area contributed by atoms with Crippen LogP contribution < -0.4 is 4.74 Å². The van der Waals surface area contributed by atoms with Gasteiger partial charge in [-0.3, -0.25) is 0 Å². The number of nitriles is 1. The van der Waals surface area contributed by atoms with E-state index >= 15 is 0 Å². The first-order valence-electron chi connectivity index (χ1n) is 7.58. The van der Waals surface area contributed by atoms with Gasteiger partial charge in [-0.15, -0.1) is 0 Å². The van der Waals surface area contributed by atoms with E-state index in [1.807, 2.05) is 27.7 Å². The van der Waals surface area contributed by atoms with Crippen molar-refractivity contribution in [2.45, 2.75) is 52.2 Å². The number of pyridine rings is 1. The Morgan fingerprint density at radius 1 is 1.43 bits per heavy atom. The van der Waals surface area contributed by atoms with E-state index in [2.05, 4.69) is 15.8 Å². The maximum atomic E-state index is 11.3. The molecule has 0 fully saturated rings. The van der Waals surface area contributed by atoms with Crippen molar-refractivity contribution in [1.29, 1.82) is 5.26 Å². The molecular weight excluding hydrogens is 296 g/mol. The molecule has 0 aromatic carbocycles. The minimum absolute atomic E-state index is 0.154. The molecule has 2 heterocycles. The van der Waals surface area contributed by atoms with Gasteiger partial charge in [0.15, 0.2) is 6.61 Å². The van der Waals surface area contributed by atoms with Gasteiger partial charge < -0.3 is 14.2 Å². The summed E-state index contributed by atoms with van der Waals surface area (Å²) in [6.45, 7) is 8.18. The summed E-state index contributed by atoms with van der Waals surface area (Å²) in [6, 6.07) is 2.17. The van der Waals surface area contributed by atoms with Crippen LogP contribution in [0.1, 0.15) is 56.0 Å². The Bertz CT molecular complexity index is 660. The minimum atomic E-state index is -0.511. The van der Waals surface area contributed by atoms with Gasteiger partial charge in [-0.25, -0.2) is 9.78 Å². The Labute approximate surface area is 136 Å². The van der Waals surface area contributed by atoms with Crippen LogP contribution in [-0.2, 0) is 27.3 Å². The van der Waals surface area contributed by atoms with Gasteiger partial charge in [0.1, 0.15) is 11.6 Å². The van der Waals surface area contributed by atoms with E-state index < -0.39 is 5.97 Å². The number of nitrogens with zero attached hydrogens (tertiary/aromatic N) is 2. The van der Waals surface area contributed by atoms with Crippen LogP contribution in [0.2, 0.25) is 0 Å². The lowest BCUT2D eigenvalue weighted by atomic mass is 9.86. The molecule has 124 valence electrons. The smallest absolute Gasteiger partial charge is 0.343 e. The Hall–Kier alpha value is -2.13. The summed E-state index contributed by atoms with van der Waals surface area (Å²) in [5.74, 6) is -0.164. The summed E-state index contributed by atoms with van der Waals surface area (Å²) in [5.41, 5.74) is 2.73. The number of carbonyl (C=O) groups is 1. The molecule has 0 saturated carbocycles. The third kappa shape index (κ3) is 3.62. The van der Waals surface area contributed by atoms with Crippen LogP contribution in [0.3, 0.4) is 0 Å². The number of methoxy groups -OCH3 is 1. The van der Waals surface area contributed by atoms with E-state index in [9.17, 15) is 10.1 Å². The zero-order valence-corrected chi connectivity index (χ0v) is 14.2. The molecule has 0 N–H and O–H groups in total. The van der Waals surface area contributed by atoms with Gasteiger partial charge >= 0.3 is 5.97 Å². The van der Waals surface area contributed by atoms with Gasteiger partial charge in [-0.2, -0.15) is 5.26 Å². The van der Waals surface area contributed by atoms with Crippen LogP contribution in [-0.4, -0.2) is 30.3 Å². The van der Waals surface area contributed by atoms with Crippen molar-refractivity contribution in [2.75, 3.05) is 13.7 Å². The van der Waals surface area contributed by atoms with E-state index in [4.69, 9.17) is 9.47 Å². The predicted octanol–water partition coefficient (Wildman–Crippen LogP) is 2.48. The highest BCUT2D eigenvalue weighted by molar-refractivity contribution is 5.71. The highest BCUT2D eigenvalue weighted by atomic mass is 16.6. The lowest BCUT2D eigenvalue weighted by Crippen LogP contribution is -2.33. The molecule has 2 rings (SSSR count). The molecule has 0 unspecified atom stereocenters. The van der Waals surface area contributed by atoms with Crippen molar-refractivity contribution in [3.63, 3.8) is 0 Å². The van der Waals surface area contributed by atoms with Crippen LogP contribution in [0.15, 0.2) is 0 Å². The van der Waals surface area contributed by atoms with Crippen LogP contribution >= 0.6 is 0 Å². The first-order valence-corrected chi connectivity index (χ1v) is 7.58. The lowest BCUT2D eigenvalue weighted by molar-refractivity contribution is -0.143.